The predicted octanol–water partition coefficient (Wildman–Crippen LogP) is 2.85. The van der Waals surface area contributed by atoms with Crippen LogP contribution in [0.15, 0.2) is 11.6 Å². The molecule has 3 fully saturated rings. The molecule has 3 nitrogen and oxygen atoms in total. The molecule has 0 aromatic rings. The van der Waals surface area contributed by atoms with E-state index in [9.17, 15) is 15.0 Å². The van der Waals surface area contributed by atoms with Crippen molar-refractivity contribution in [3.63, 3.8) is 0 Å². The third-order valence-corrected chi connectivity index (χ3v) is 8.07. The number of aliphatic hydroxyl groups excluding tert-OH is 1. The number of hydrogen-bond donors (Lipinski definition) is 2. The number of carbonyl (C=O) groups excluding carboxylic acids is 1. The lowest BCUT2D eigenvalue weighted by Gasteiger charge is -2.56. The van der Waals surface area contributed by atoms with Gasteiger partial charge in [0.25, 0.3) is 0 Å². The van der Waals surface area contributed by atoms with Crippen molar-refractivity contribution in [1.29, 1.82) is 0 Å². The lowest BCUT2D eigenvalue weighted by atomic mass is 9.49. The van der Waals surface area contributed by atoms with Gasteiger partial charge in [-0.2, -0.15) is 0 Å². The standard InChI is InChI=1S/C21H28O3/c1-3-20-9-7-15-14-6-5-13(22)11-17(14)19(23)12-16(15)18(20)8-10-21(20,24)4-2/h2,11,14-16,18-19,23-24H,3,5-10,12H2,1H3/t14-,15+,16-,18-,19-,20+,21+/m1/s1. The minimum atomic E-state index is -0.985. The first-order chi connectivity index (χ1) is 11.5. The van der Waals surface area contributed by atoms with Crippen molar-refractivity contribution in [1.82, 2.24) is 0 Å². The van der Waals surface area contributed by atoms with Gasteiger partial charge in [0.05, 0.1) is 6.10 Å². The lowest BCUT2D eigenvalue weighted by Crippen LogP contribution is -2.55. The van der Waals surface area contributed by atoms with Crippen LogP contribution in [-0.4, -0.2) is 27.7 Å². The molecule has 3 heteroatoms. The van der Waals surface area contributed by atoms with E-state index in [2.05, 4.69) is 12.8 Å². The summed E-state index contributed by atoms with van der Waals surface area (Å²) in [6.45, 7) is 2.16. The van der Waals surface area contributed by atoms with Crippen molar-refractivity contribution in [3.8, 4) is 12.3 Å². The Morgan fingerprint density at radius 1 is 1.29 bits per heavy atom. The maximum atomic E-state index is 11.8. The fraction of sp³-hybridized carbons (Fsp3) is 0.762. The summed E-state index contributed by atoms with van der Waals surface area (Å²) in [5, 5.41) is 21.8. The van der Waals surface area contributed by atoms with Crippen molar-refractivity contribution in [2.45, 2.75) is 70.0 Å². The summed E-state index contributed by atoms with van der Waals surface area (Å²) in [7, 11) is 0. The minimum absolute atomic E-state index is 0.167. The van der Waals surface area contributed by atoms with E-state index in [1.54, 1.807) is 6.08 Å². The van der Waals surface area contributed by atoms with E-state index in [1.165, 1.54) is 0 Å². The quantitative estimate of drug-likeness (QED) is 0.728. The van der Waals surface area contributed by atoms with Crippen LogP contribution in [0.5, 0.6) is 0 Å². The fourth-order valence-corrected chi connectivity index (χ4v) is 6.96. The number of carbonyl (C=O) groups is 1. The van der Waals surface area contributed by atoms with Crippen LogP contribution in [0.4, 0.5) is 0 Å². The van der Waals surface area contributed by atoms with Gasteiger partial charge in [0.2, 0.25) is 0 Å². The number of fused-ring (bicyclic) bond motifs is 5. The van der Waals surface area contributed by atoms with Gasteiger partial charge in [-0.3, -0.25) is 4.79 Å². The fourth-order valence-electron chi connectivity index (χ4n) is 6.96. The van der Waals surface area contributed by atoms with E-state index >= 15 is 0 Å². The number of hydrogen-bond acceptors (Lipinski definition) is 3. The zero-order valence-corrected chi connectivity index (χ0v) is 14.5. The summed E-state index contributed by atoms with van der Waals surface area (Å²) >= 11 is 0. The summed E-state index contributed by atoms with van der Waals surface area (Å²) < 4.78 is 0. The molecule has 4 rings (SSSR count). The van der Waals surface area contributed by atoms with Crippen molar-refractivity contribution in [3.05, 3.63) is 11.6 Å². The molecule has 0 aromatic carbocycles. The Balaban J connectivity index is 1.71. The zero-order chi connectivity index (χ0) is 17.1. The molecule has 0 saturated heterocycles. The molecule has 7 atom stereocenters. The van der Waals surface area contributed by atoms with Gasteiger partial charge in [0.15, 0.2) is 5.78 Å². The molecule has 0 bridgehead atoms. The van der Waals surface area contributed by atoms with E-state index < -0.39 is 11.7 Å². The maximum Gasteiger partial charge on any atom is 0.155 e. The number of terminal acetylenes is 1. The van der Waals surface area contributed by atoms with Crippen molar-refractivity contribution in [2.75, 3.05) is 0 Å². The predicted molar refractivity (Wildman–Crippen MR) is 91.9 cm³/mol. The monoisotopic (exact) mass is 328 g/mol. The van der Waals surface area contributed by atoms with Crippen LogP contribution in [0.3, 0.4) is 0 Å². The Hall–Kier alpha value is -1.11. The molecular formula is C21H28O3. The molecule has 130 valence electrons. The molecule has 4 aliphatic carbocycles. The molecule has 0 unspecified atom stereocenters. The number of aliphatic hydroxyl groups is 2. The molecule has 3 saturated carbocycles. The SMILES string of the molecule is C#C[C@]1(O)CC[C@@H]2[C@@H]3C[C@@H](O)C4=CC(=O)CC[C@@H]4[C@@H]3CC[C@@]21CC. The Morgan fingerprint density at radius 3 is 2.79 bits per heavy atom. The van der Waals surface area contributed by atoms with Gasteiger partial charge >= 0.3 is 0 Å². The molecule has 0 aliphatic heterocycles. The first-order valence-corrected chi connectivity index (χ1v) is 9.58. The summed E-state index contributed by atoms with van der Waals surface area (Å²) in [5.74, 6) is 4.62. The minimum Gasteiger partial charge on any atom is -0.389 e. The van der Waals surface area contributed by atoms with Crippen LogP contribution in [0.2, 0.25) is 0 Å². The van der Waals surface area contributed by atoms with Crippen molar-refractivity contribution in [2.24, 2.45) is 29.1 Å². The summed E-state index contributed by atoms with van der Waals surface area (Å²) in [5.41, 5.74) is -0.184. The largest absolute Gasteiger partial charge is 0.389 e. The Kier molecular flexibility index (Phi) is 3.71. The average Bonchev–Trinajstić information content (AvgIpc) is 2.89. The molecule has 24 heavy (non-hydrogen) atoms. The van der Waals surface area contributed by atoms with Crippen LogP contribution in [0.25, 0.3) is 0 Å². The Morgan fingerprint density at radius 2 is 2.08 bits per heavy atom. The average molecular weight is 328 g/mol. The molecule has 0 radical (unpaired) electrons. The highest BCUT2D eigenvalue weighted by atomic mass is 16.3. The summed E-state index contributed by atoms with van der Waals surface area (Å²) in [4.78, 5) is 11.8. The van der Waals surface area contributed by atoms with Crippen LogP contribution >= 0.6 is 0 Å². The van der Waals surface area contributed by atoms with Gasteiger partial charge in [-0.25, -0.2) is 0 Å². The van der Waals surface area contributed by atoms with E-state index in [4.69, 9.17) is 6.42 Å². The van der Waals surface area contributed by atoms with Gasteiger partial charge in [0, 0.05) is 11.8 Å². The number of rotatable bonds is 1. The summed E-state index contributed by atoms with van der Waals surface area (Å²) in [6.07, 6.45) is 13.8. The zero-order valence-electron chi connectivity index (χ0n) is 14.5. The first-order valence-electron chi connectivity index (χ1n) is 9.58. The molecular weight excluding hydrogens is 300 g/mol. The van der Waals surface area contributed by atoms with Crippen LogP contribution < -0.4 is 0 Å². The summed E-state index contributed by atoms with van der Waals surface area (Å²) in [6, 6.07) is 0. The Bertz CT molecular complexity index is 629. The second-order valence-corrected chi connectivity index (χ2v) is 8.53. The smallest absolute Gasteiger partial charge is 0.155 e. The van der Waals surface area contributed by atoms with Crippen molar-refractivity contribution >= 4 is 5.78 Å². The second kappa shape index (κ2) is 5.44. The molecule has 0 amide bonds. The van der Waals surface area contributed by atoms with Gasteiger partial charge in [0.1, 0.15) is 5.60 Å². The van der Waals surface area contributed by atoms with E-state index in [0.717, 1.165) is 44.1 Å². The number of ketones is 1. The van der Waals surface area contributed by atoms with Crippen LogP contribution in [0, 0.1) is 41.4 Å². The van der Waals surface area contributed by atoms with Crippen LogP contribution in [0.1, 0.15) is 58.3 Å². The second-order valence-electron chi connectivity index (χ2n) is 8.53. The highest BCUT2D eigenvalue weighted by molar-refractivity contribution is 5.91. The molecule has 0 spiro atoms. The molecule has 4 aliphatic rings. The highest BCUT2D eigenvalue weighted by Crippen LogP contribution is 2.66. The topological polar surface area (TPSA) is 57.5 Å². The van der Waals surface area contributed by atoms with Gasteiger partial charge in [-0.1, -0.05) is 12.8 Å². The van der Waals surface area contributed by atoms with E-state index in [1.807, 2.05) is 0 Å². The molecule has 0 heterocycles. The third kappa shape index (κ3) is 1.96. The Labute approximate surface area is 144 Å². The van der Waals surface area contributed by atoms with Gasteiger partial charge in [-0.05, 0) is 80.3 Å². The van der Waals surface area contributed by atoms with E-state index in [-0.39, 0.29) is 11.2 Å². The lowest BCUT2D eigenvalue weighted by molar-refractivity contribution is -0.119. The molecule has 0 aromatic heterocycles. The van der Waals surface area contributed by atoms with Crippen molar-refractivity contribution < 1.29 is 15.0 Å². The third-order valence-electron chi connectivity index (χ3n) is 8.07. The first kappa shape index (κ1) is 16.4. The van der Waals surface area contributed by atoms with E-state index in [0.29, 0.717) is 36.5 Å². The van der Waals surface area contributed by atoms with Gasteiger partial charge in [-0.15, -0.1) is 6.42 Å². The van der Waals surface area contributed by atoms with Gasteiger partial charge < -0.3 is 10.2 Å². The maximum absolute atomic E-state index is 11.8. The molecule has 2 N–H and O–H groups in total. The van der Waals surface area contributed by atoms with Crippen LogP contribution in [-0.2, 0) is 4.79 Å². The normalized spacial score (nSPS) is 50.3. The highest BCUT2D eigenvalue weighted by Gasteiger charge is 2.64.